The van der Waals surface area contributed by atoms with E-state index >= 15 is 0 Å². The van der Waals surface area contributed by atoms with Gasteiger partial charge in [-0.15, -0.1) is 0 Å². The van der Waals surface area contributed by atoms with Crippen LogP contribution in [0.25, 0.3) is 0 Å². The Hall–Kier alpha value is -0.780. The van der Waals surface area contributed by atoms with E-state index < -0.39 is 97.8 Å². The lowest BCUT2D eigenvalue weighted by molar-refractivity contribution is -0.340. The van der Waals surface area contributed by atoms with E-state index in [1.165, 1.54) is 5.57 Å². The molecule has 2 aliphatic heterocycles. The van der Waals surface area contributed by atoms with Gasteiger partial charge in [-0.2, -0.15) is 0 Å². The average Bonchev–Trinajstić information content (AvgIpc) is 3.38. The summed E-state index contributed by atoms with van der Waals surface area (Å²) in [4.78, 5) is 0. The summed E-state index contributed by atoms with van der Waals surface area (Å²) in [5.74, 6) is 1.44. The fourth-order valence-electron chi connectivity index (χ4n) is 12.7. The van der Waals surface area contributed by atoms with Gasteiger partial charge in [0.1, 0.15) is 48.8 Å². The number of fused-ring (bicyclic) bond motifs is 5. The maximum Gasteiger partial charge on any atom is 0.187 e. The van der Waals surface area contributed by atoms with Gasteiger partial charge in [0.05, 0.1) is 31.0 Å². The SMILES string of the molecule is C[C@H](CCCC(C)(C)O)[C@H]1CC[C@@]2(C)[C@@H]3CC=C4C(CCC(OC5OC(COC6OC(CO)C(O)C(O)C6O)C(O)C(O)C5O)C4(C)C)[C@]3(C)C(O)C[C@]12C. The van der Waals surface area contributed by atoms with Crippen molar-refractivity contribution in [2.24, 2.45) is 45.3 Å². The molecule has 0 radical (unpaired) electrons. The number of hydrogen-bond donors (Lipinski definition) is 9. The molecule has 3 saturated carbocycles. The monoisotopic (exact) mass is 784 g/mol. The Labute approximate surface area is 327 Å². The maximum absolute atomic E-state index is 12.4. The van der Waals surface area contributed by atoms with Crippen LogP contribution in [0.3, 0.4) is 0 Å². The molecule has 9 N–H and O–H groups in total. The number of rotatable bonds is 11. The van der Waals surface area contributed by atoms with Crippen LogP contribution in [0.5, 0.6) is 0 Å². The molecule has 2 heterocycles. The molecule has 19 atom stereocenters. The predicted molar refractivity (Wildman–Crippen MR) is 201 cm³/mol. The number of aliphatic hydroxyl groups is 9. The third-order valence-electron chi connectivity index (χ3n) is 16.3. The fourth-order valence-corrected chi connectivity index (χ4v) is 12.7. The lowest BCUT2D eigenvalue weighted by Gasteiger charge is -2.67. The highest BCUT2D eigenvalue weighted by Crippen LogP contribution is 2.75. The van der Waals surface area contributed by atoms with Crippen molar-refractivity contribution in [1.82, 2.24) is 0 Å². The molecule has 0 amide bonds. The third-order valence-corrected chi connectivity index (χ3v) is 16.3. The van der Waals surface area contributed by atoms with Gasteiger partial charge < -0.3 is 64.9 Å². The van der Waals surface area contributed by atoms with Gasteiger partial charge in [0.15, 0.2) is 12.6 Å². The zero-order valence-electron chi connectivity index (χ0n) is 34.3. The average molecular weight is 785 g/mol. The van der Waals surface area contributed by atoms with E-state index in [4.69, 9.17) is 18.9 Å². The molecule has 0 bridgehead atoms. The minimum absolute atomic E-state index is 0.00513. The van der Waals surface area contributed by atoms with Crippen LogP contribution < -0.4 is 0 Å². The highest BCUT2D eigenvalue weighted by Gasteiger charge is 2.70. The summed E-state index contributed by atoms with van der Waals surface area (Å²) in [6.45, 7) is 16.6. The van der Waals surface area contributed by atoms with Crippen molar-refractivity contribution in [3.05, 3.63) is 11.6 Å². The summed E-state index contributed by atoms with van der Waals surface area (Å²) in [5.41, 5.74) is -0.234. The number of ether oxygens (including phenoxy) is 4. The van der Waals surface area contributed by atoms with Crippen LogP contribution in [-0.2, 0) is 18.9 Å². The van der Waals surface area contributed by atoms with Crippen LogP contribution in [0, 0.1) is 45.3 Å². The molecule has 0 aromatic heterocycles. The molecule has 0 aromatic carbocycles. The lowest BCUT2D eigenvalue weighted by Crippen LogP contribution is -2.65. The smallest absolute Gasteiger partial charge is 0.187 e. The zero-order chi connectivity index (χ0) is 40.6. The lowest BCUT2D eigenvalue weighted by atomic mass is 9.38. The molecule has 13 unspecified atom stereocenters. The molecule has 0 spiro atoms. The first-order chi connectivity index (χ1) is 25.5. The van der Waals surface area contributed by atoms with Crippen molar-refractivity contribution in [3.8, 4) is 0 Å². The normalized spacial score (nSPS) is 50.4. The predicted octanol–water partition coefficient (Wildman–Crippen LogP) is 2.15. The fraction of sp³-hybridized carbons (Fsp3) is 0.952. The Kier molecular flexibility index (Phi) is 12.5. The minimum Gasteiger partial charge on any atom is -0.394 e. The van der Waals surface area contributed by atoms with Gasteiger partial charge in [-0.25, -0.2) is 0 Å². The number of allylic oxidation sites excluding steroid dienone is 1. The first-order valence-electron chi connectivity index (χ1n) is 20.9. The maximum atomic E-state index is 12.4. The number of hydrogen-bond acceptors (Lipinski definition) is 13. The van der Waals surface area contributed by atoms with Gasteiger partial charge in [-0.05, 0) is 93.3 Å². The van der Waals surface area contributed by atoms with Crippen LogP contribution in [0.15, 0.2) is 11.6 Å². The van der Waals surface area contributed by atoms with Crippen molar-refractivity contribution >= 4 is 0 Å². The summed E-state index contributed by atoms with van der Waals surface area (Å²) in [5, 5.41) is 95.6. The summed E-state index contributed by atoms with van der Waals surface area (Å²) in [6, 6.07) is 0. The van der Waals surface area contributed by atoms with Gasteiger partial charge >= 0.3 is 0 Å². The van der Waals surface area contributed by atoms with Crippen molar-refractivity contribution in [2.75, 3.05) is 13.2 Å². The third kappa shape index (κ3) is 7.42. The second-order valence-electron chi connectivity index (χ2n) is 20.2. The van der Waals surface area contributed by atoms with Crippen LogP contribution in [0.1, 0.15) is 113 Å². The Morgan fingerprint density at radius 1 is 0.818 bits per heavy atom. The minimum atomic E-state index is -1.66. The zero-order valence-corrected chi connectivity index (χ0v) is 34.3. The largest absolute Gasteiger partial charge is 0.394 e. The van der Waals surface area contributed by atoms with E-state index in [9.17, 15) is 46.0 Å². The van der Waals surface area contributed by atoms with Crippen LogP contribution >= 0.6 is 0 Å². The molecule has 6 rings (SSSR count). The van der Waals surface area contributed by atoms with Crippen LogP contribution in [-0.4, -0.2) is 138 Å². The van der Waals surface area contributed by atoms with Gasteiger partial charge in [-0.1, -0.05) is 66.0 Å². The summed E-state index contributed by atoms with van der Waals surface area (Å²) in [7, 11) is 0. The van der Waals surface area contributed by atoms with E-state index in [1.807, 2.05) is 13.8 Å². The van der Waals surface area contributed by atoms with Gasteiger partial charge in [0.2, 0.25) is 0 Å². The highest BCUT2D eigenvalue weighted by molar-refractivity contribution is 5.32. The highest BCUT2D eigenvalue weighted by atomic mass is 16.7. The van der Waals surface area contributed by atoms with Crippen LogP contribution in [0.2, 0.25) is 0 Å². The quantitative estimate of drug-likeness (QED) is 0.137. The first-order valence-corrected chi connectivity index (χ1v) is 20.9. The number of aliphatic hydroxyl groups excluding tert-OH is 8. The van der Waals surface area contributed by atoms with Crippen LogP contribution in [0.4, 0.5) is 0 Å². The Morgan fingerprint density at radius 3 is 2.07 bits per heavy atom. The summed E-state index contributed by atoms with van der Waals surface area (Å²) in [6.07, 6.45) is -5.22. The standard InChI is InChI=1S/C42H72O13/c1-21(10-9-16-38(2,3)51)22-15-17-40(6)27-13-11-23-24(42(27,8)28(44)18-41(22,40)7)12-14-29(39(23,4)5)55-37-35(50)33(48)31(46)26(54-37)20-52-36-34(49)32(47)30(45)25(19-43)53-36/h11,21-22,24-37,43-51H,9-10,12-20H2,1-8H3/t21-,22-,24?,25?,26?,27+,28?,29?,30?,31?,32?,33?,34?,35?,36?,37?,40+,41-,42+/m1/s1. The molecule has 13 nitrogen and oxygen atoms in total. The van der Waals surface area contributed by atoms with Crippen molar-refractivity contribution in [2.45, 2.75) is 192 Å². The first kappa shape index (κ1) is 43.8. The van der Waals surface area contributed by atoms with Crippen molar-refractivity contribution in [3.63, 3.8) is 0 Å². The van der Waals surface area contributed by atoms with Gasteiger partial charge in [0.25, 0.3) is 0 Å². The van der Waals surface area contributed by atoms with Crippen molar-refractivity contribution in [1.29, 1.82) is 0 Å². The van der Waals surface area contributed by atoms with Gasteiger partial charge in [-0.3, -0.25) is 0 Å². The van der Waals surface area contributed by atoms with E-state index in [2.05, 4.69) is 47.6 Å². The topological polar surface area (TPSA) is 219 Å². The molecule has 2 saturated heterocycles. The van der Waals surface area contributed by atoms with Gasteiger partial charge in [0, 0.05) is 10.8 Å². The second kappa shape index (κ2) is 15.7. The second-order valence-corrected chi connectivity index (χ2v) is 20.2. The Balaban J connectivity index is 1.16. The summed E-state index contributed by atoms with van der Waals surface area (Å²) < 4.78 is 23.6. The molecule has 318 valence electrons. The molecule has 6 aliphatic rings. The van der Waals surface area contributed by atoms with E-state index in [1.54, 1.807) is 0 Å². The summed E-state index contributed by atoms with van der Waals surface area (Å²) >= 11 is 0. The molecule has 4 aliphatic carbocycles. The molecule has 5 fully saturated rings. The molecule has 55 heavy (non-hydrogen) atoms. The molecular weight excluding hydrogens is 712 g/mol. The Morgan fingerprint density at radius 2 is 1.44 bits per heavy atom. The van der Waals surface area contributed by atoms with Crippen molar-refractivity contribution < 1.29 is 64.9 Å². The van der Waals surface area contributed by atoms with E-state index in [0.29, 0.717) is 24.2 Å². The van der Waals surface area contributed by atoms with E-state index in [-0.39, 0.29) is 22.2 Å². The van der Waals surface area contributed by atoms with E-state index in [0.717, 1.165) is 51.4 Å². The molecule has 0 aromatic rings. The molecule has 13 heteroatoms. The molecular formula is C42H72O13. The Bertz CT molecular complexity index is 1370.